The molecule has 0 aromatic heterocycles. The number of carbonyl (C=O) groups excluding carboxylic acids is 1. The number of hydrogen-bond acceptors (Lipinski definition) is 2. The molecule has 1 aliphatic heterocycles. The second-order valence-corrected chi connectivity index (χ2v) is 2.98. The first-order valence-corrected chi connectivity index (χ1v) is 4.09. The molecule has 13 heavy (non-hydrogen) atoms. The third-order valence-electron chi connectivity index (χ3n) is 2.18. The molecule has 0 radical (unpaired) electrons. The molecule has 1 heterocycles. The Bertz CT molecular complexity index is 392. The van der Waals surface area contributed by atoms with E-state index in [0.717, 1.165) is 5.56 Å². The minimum Gasteiger partial charge on any atom is -0.344 e. The lowest BCUT2D eigenvalue weighted by Crippen LogP contribution is -2.18. The molecule has 1 amide bonds. The van der Waals surface area contributed by atoms with Gasteiger partial charge in [0.25, 0.3) is 5.91 Å². The maximum atomic E-state index is 11.3. The van der Waals surface area contributed by atoms with E-state index in [1.54, 1.807) is 6.07 Å². The highest BCUT2D eigenvalue weighted by Crippen LogP contribution is 2.26. The summed E-state index contributed by atoms with van der Waals surface area (Å²) in [5.41, 5.74) is 1.64. The maximum absolute atomic E-state index is 11.3. The standard InChI is InChI=1S/C10H8N2O/c11-6-5-9-7-3-1-2-4-8(7)10(13)12-9/h1-4,9H,5H2,(H,12,13)/t9-/m0/s1. The summed E-state index contributed by atoms with van der Waals surface area (Å²) in [6, 6.07) is 9.31. The van der Waals surface area contributed by atoms with E-state index in [0.29, 0.717) is 12.0 Å². The van der Waals surface area contributed by atoms with Gasteiger partial charge in [-0.15, -0.1) is 0 Å². The Morgan fingerprint density at radius 1 is 1.46 bits per heavy atom. The lowest BCUT2D eigenvalue weighted by atomic mass is 10.0. The minimum atomic E-state index is -0.117. The van der Waals surface area contributed by atoms with E-state index >= 15 is 0 Å². The van der Waals surface area contributed by atoms with E-state index in [1.165, 1.54) is 0 Å². The molecule has 2 rings (SSSR count). The summed E-state index contributed by atoms with van der Waals surface area (Å²) in [5, 5.41) is 11.3. The van der Waals surface area contributed by atoms with Gasteiger partial charge in [0.05, 0.1) is 18.5 Å². The molecule has 1 atom stereocenters. The van der Waals surface area contributed by atoms with Gasteiger partial charge < -0.3 is 5.32 Å². The van der Waals surface area contributed by atoms with Gasteiger partial charge in [-0.05, 0) is 11.6 Å². The smallest absolute Gasteiger partial charge is 0.252 e. The maximum Gasteiger partial charge on any atom is 0.252 e. The van der Waals surface area contributed by atoms with Crippen molar-refractivity contribution in [3.05, 3.63) is 35.4 Å². The first-order chi connectivity index (χ1) is 6.33. The van der Waals surface area contributed by atoms with Gasteiger partial charge in [-0.25, -0.2) is 0 Å². The zero-order valence-electron chi connectivity index (χ0n) is 6.95. The van der Waals surface area contributed by atoms with Crippen LogP contribution in [0.3, 0.4) is 0 Å². The summed E-state index contributed by atoms with van der Waals surface area (Å²) in [6.07, 6.45) is 0.336. The predicted molar refractivity (Wildman–Crippen MR) is 46.9 cm³/mol. The van der Waals surface area contributed by atoms with Crippen molar-refractivity contribution in [2.45, 2.75) is 12.5 Å². The molecule has 3 heteroatoms. The number of hydrogen-bond donors (Lipinski definition) is 1. The van der Waals surface area contributed by atoms with Crippen LogP contribution in [0.25, 0.3) is 0 Å². The number of nitriles is 1. The molecule has 0 spiro atoms. The van der Waals surface area contributed by atoms with Crippen molar-refractivity contribution in [3.63, 3.8) is 0 Å². The van der Waals surface area contributed by atoms with Crippen molar-refractivity contribution in [2.24, 2.45) is 0 Å². The highest BCUT2D eigenvalue weighted by Gasteiger charge is 2.27. The molecule has 1 aliphatic rings. The Morgan fingerprint density at radius 3 is 3.00 bits per heavy atom. The molecule has 0 bridgehead atoms. The summed E-state index contributed by atoms with van der Waals surface area (Å²) in [4.78, 5) is 11.3. The average molecular weight is 172 g/mol. The van der Waals surface area contributed by atoms with E-state index in [9.17, 15) is 4.79 Å². The molecule has 1 N–H and O–H groups in total. The van der Waals surface area contributed by atoms with Crippen LogP contribution in [0.2, 0.25) is 0 Å². The number of fused-ring (bicyclic) bond motifs is 1. The Morgan fingerprint density at radius 2 is 2.23 bits per heavy atom. The van der Waals surface area contributed by atoms with Crippen LogP contribution in [0, 0.1) is 11.3 Å². The van der Waals surface area contributed by atoms with Gasteiger partial charge in [0.15, 0.2) is 0 Å². The molecule has 1 aromatic rings. The van der Waals surface area contributed by atoms with Crippen LogP contribution in [0.5, 0.6) is 0 Å². The number of nitrogens with zero attached hydrogens (tertiary/aromatic N) is 1. The minimum absolute atomic E-state index is 0.0733. The SMILES string of the molecule is N#CC[C@@H]1NC(=O)c2ccccc21. The summed E-state index contributed by atoms with van der Waals surface area (Å²) in [7, 11) is 0. The van der Waals surface area contributed by atoms with Crippen molar-refractivity contribution in [3.8, 4) is 6.07 Å². The van der Waals surface area contributed by atoms with Crippen LogP contribution in [0.4, 0.5) is 0 Å². The van der Waals surface area contributed by atoms with Crippen molar-refractivity contribution >= 4 is 5.91 Å². The van der Waals surface area contributed by atoms with Gasteiger partial charge in [-0.2, -0.15) is 5.26 Å². The molecular weight excluding hydrogens is 164 g/mol. The van der Waals surface area contributed by atoms with Gasteiger partial charge >= 0.3 is 0 Å². The Balaban J connectivity index is 2.42. The highest BCUT2D eigenvalue weighted by atomic mass is 16.2. The lowest BCUT2D eigenvalue weighted by molar-refractivity contribution is 0.0957. The van der Waals surface area contributed by atoms with E-state index in [2.05, 4.69) is 11.4 Å². The largest absolute Gasteiger partial charge is 0.344 e. The third kappa shape index (κ3) is 1.17. The van der Waals surface area contributed by atoms with Crippen LogP contribution in [0.15, 0.2) is 24.3 Å². The zero-order valence-corrected chi connectivity index (χ0v) is 6.95. The quantitative estimate of drug-likeness (QED) is 0.695. The van der Waals surface area contributed by atoms with Crippen molar-refractivity contribution in [2.75, 3.05) is 0 Å². The van der Waals surface area contributed by atoms with E-state index in [-0.39, 0.29) is 11.9 Å². The lowest BCUT2D eigenvalue weighted by Gasteiger charge is -2.04. The first kappa shape index (κ1) is 7.81. The van der Waals surface area contributed by atoms with Crippen molar-refractivity contribution in [1.29, 1.82) is 5.26 Å². The molecule has 1 aromatic carbocycles. The molecule has 0 saturated heterocycles. The molecular formula is C10H8N2O. The van der Waals surface area contributed by atoms with E-state index in [4.69, 9.17) is 5.26 Å². The van der Waals surface area contributed by atoms with E-state index in [1.807, 2.05) is 18.2 Å². The molecule has 64 valence electrons. The normalized spacial score (nSPS) is 19.0. The fourth-order valence-corrected chi connectivity index (χ4v) is 1.57. The van der Waals surface area contributed by atoms with Gasteiger partial charge in [0.1, 0.15) is 0 Å². The van der Waals surface area contributed by atoms with Gasteiger partial charge in [0, 0.05) is 5.56 Å². The number of benzene rings is 1. The van der Waals surface area contributed by atoms with Crippen molar-refractivity contribution < 1.29 is 4.79 Å². The Hall–Kier alpha value is -1.82. The zero-order chi connectivity index (χ0) is 9.26. The Kier molecular flexibility index (Phi) is 1.75. The monoisotopic (exact) mass is 172 g/mol. The van der Waals surface area contributed by atoms with Crippen LogP contribution >= 0.6 is 0 Å². The first-order valence-electron chi connectivity index (χ1n) is 4.09. The second-order valence-electron chi connectivity index (χ2n) is 2.98. The summed E-state index contributed by atoms with van der Waals surface area (Å²) >= 11 is 0. The number of amides is 1. The number of nitrogens with one attached hydrogen (secondary N) is 1. The molecule has 0 fully saturated rings. The Labute approximate surface area is 76.0 Å². The molecule has 0 aliphatic carbocycles. The molecule has 0 unspecified atom stereocenters. The number of carbonyl (C=O) groups is 1. The van der Waals surface area contributed by atoms with Gasteiger partial charge in [-0.1, -0.05) is 18.2 Å². The molecule has 3 nitrogen and oxygen atoms in total. The molecule has 0 saturated carbocycles. The van der Waals surface area contributed by atoms with Crippen LogP contribution < -0.4 is 5.32 Å². The van der Waals surface area contributed by atoms with Gasteiger partial charge in [0.2, 0.25) is 0 Å². The fraction of sp³-hybridized carbons (Fsp3) is 0.200. The predicted octanol–water partition coefficient (Wildman–Crippen LogP) is 1.38. The van der Waals surface area contributed by atoms with E-state index < -0.39 is 0 Å². The van der Waals surface area contributed by atoms with Crippen LogP contribution in [0.1, 0.15) is 28.4 Å². The summed E-state index contributed by atoms with van der Waals surface area (Å²) in [5.74, 6) is -0.0733. The van der Waals surface area contributed by atoms with Crippen molar-refractivity contribution in [1.82, 2.24) is 5.32 Å². The number of rotatable bonds is 1. The van der Waals surface area contributed by atoms with Crippen LogP contribution in [-0.2, 0) is 0 Å². The van der Waals surface area contributed by atoms with Gasteiger partial charge in [-0.3, -0.25) is 4.79 Å². The van der Waals surface area contributed by atoms with Crippen LogP contribution in [-0.4, -0.2) is 5.91 Å². The highest BCUT2D eigenvalue weighted by molar-refractivity contribution is 5.99. The fourth-order valence-electron chi connectivity index (χ4n) is 1.57. The summed E-state index contributed by atoms with van der Waals surface area (Å²) in [6.45, 7) is 0. The average Bonchev–Trinajstić information content (AvgIpc) is 2.46. The topological polar surface area (TPSA) is 52.9 Å². The summed E-state index contributed by atoms with van der Waals surface area (Å²) < 4.78 is 0. The second kappa shape index (κ2) is 2.91. The third-order valence-corrected chi connectivity index (χ3v) is 2.18.